The number of carbonyl (C=O) groups excluding carboxylic acids is 3. The van der Waals surface area contributed by atoms with Crippen molar-refractivity contribution in [2.75, 3.05) is 26.7 Å². The van der Waals surface area contributed by atoms with Crippen LogP contribution in [0.2, 0.25) is 0 Å². The van der Waals surface area contributed by atoms with Crippen LogP contribution < -0.4 is 10.6 Å². The fourth-order valence-corrected chi connectivity index (χ4v) is 3.15. The number of ether oxygens (including phenoxy) is 1. The molecule has 1 heterocycles. The molecular weight excluding hydrogens is 425 g/mol. The predicted octanol–water partition coefficient (Wildman–Crippen LogP) is 1.37. The first-order valence-corrected chi connectivity index (χ1v) is 8.74. The van der Waals surface area contributed by atoms with Crippen molar-refractivity contribution >= 4 is 40.5 Å². The fourth-order valence-electron chi connectivity index (χ4n) is 2.52. The Labute approximate surface area is 154 Å². The molecule has 0 bridgehead atoms. The van der Waals surface area contributed by atoms with E-state index < -0.39 is 0 Å². The van der Waals surface area contributed by atoms with Crippen LogP contribution in [0.4, 0.5) is 4.79 Å². The van der Waals surface area contributed by atoms with E-state index in [4.69, 9.17) is 0 Å². The van der Waals surface area contributed by atoms with Crippen LogP contribution in [0.3, 0.4) is 0 Å². The molecule has 0 aromatic heterocycles. The third-order valence-electron chi connectivity index (χ3n) is 3.82. The number of amides is 3. The maximum absolute atomic E-state index is 12.1. The highest BCUT2D eigenvalue weighted by Gasteiger charge is 2.24. The Kier molecular flexibility index (Phi) is 6.83. The molecule has 3 amide bonds. The van der Waals surface area contributed by atoms with E-state index in [-0.39, 0.29) is 30.5 Å². The van der Waals surface area contributed by atoms with E-state index in [1.807, 2.05) is 12.1 Å². The van der Waals surface area contributed by atoms with Gasteiger partial charge in [-0.1, -0.05) is 12.1 Å². The van der Waals surface area contributed by atoms with Gasteiger partial charge in [0, 0.05) is 22.7 Å². The minimum atomic E-state index is -0.343. The summed E-state index contributed by atoms with van der Waals surface area (Å²) in [5.41, 5.74) is 0.553. The van der Waals surface area contributed by atoms with Gasteiger partial charge in [0.1, 0.15) is 0 Å². The molecule has 0 spiro atoms. The number of carbonyl (C=O) groups is 3. The smallest absolute Gasteiger partial charge is 0.409 e. The topological polar surface area (TPSA) is 87.7 Å². The minimum absolute atomic E-state index is 0.00664. The molecule has 1 saturated heterocycles. The first kappa shape index (κ1) is 18.5. The highest BCUT2D eigenvalue weighted by molar-refractivity contribution is 14.1. The van der Waals surface area contributed by atoms with Crippen molar-refractivity contribution in [3.05, 3.63) is 33.4 Å². The standard InChI is InChI=1S/C16H20IN3O4/c1-24-16(23)20-8-6-11(7-9-20)19-14(21)10-18-15(22)12-4-2-3-5-13(12)17/h2-5,11H,6-10H2,1H3,(H,18,22)(H,19,21). The van der Waals surface area contributed by atoms with Crippen LogP contribution >= 0.6 is 22.6 Å². The van der Waals surface area contributed by atoms with Gasteiger partial charge in [0.2, 0.25) is 5.91 Å². The van der Waals surface area contributed by atoms with Crippen LogP contribution in [0.5, 0.6) is 0 Å². The minimum Gasteiger partial charge on any atom is -0.453 e. The van der Waals surface area contributed by atoms with Crippen molar-refractivity contribution < 1.29 is 19.1 Å². The third-order valence-corrected chi connectivity index (χ3v) is 4.76. The van der Waals surface area contributed by atoms with Crippen LogP contribution in [0.25, 0.3) is 0 Å². The highest BCUT2D eigenvalue weighted by Crippen LogP contribution is 2.12. The molecule has 24 heavy (non-hydrogen) atoms. The van der Waals surface area contributed by atoms with Crippen LogP contribution in [-0.2, 0) is 9.53 Å². The zero-order valence-electron chi connectivity index (χ0n) is 13.4. The number of piperidine rings is 1. The average molecular weight is 445 g/mol. The summed E-state index contributed by atoms with van der Waals surface area (Å²) in [4.78, 5) is 37.0. The zero-order chi connectivity index (χ0) is 17.5. The van der Waals surface area contributed by atoms with Crippen molar-refractivity contribution in [3.8, 4) is 0 Å². The predicted molar refractivity (Wildman–Crippen MR) is 96.6 cm³/mol. The Hall–Kier alpha value is -1.84. The first-order valence-electron chi connectivity index (χ1n) is 7.66. The highest BCUT2D eigenvalue weighted by atomic mass is 127. The van der Waals surface area contributed by atoms with Crippen LogP contribution in [-0.4, -0.2) is 55.6 Å². The number of likely N-dealkylation sites (tertiary alicyclic amines) is 1. The van der Waals surface area contributed by atoms with Crippen LogP contribution in [0, 0.1) is 3.57 Å². The number of rotatable bonds is 4. The Morgan fingerprint density at radius 1 is 1.25 bits per heavy atom. The van der Waals surface area contributed by atoms with Gasteiger partial charge in [-0.25, -0.2) is 4.79 Å². The average Bonchev–Trinajstić information content (AvgIpc) is 2.60. The molecule has 2 N–H and O–H groups in total. The van der Waals surface area contributed by atoms with E-state index in [0.29, 0.717) is 31.5 Å². The van der Waals surface area contributed by atoms with Gasteiger partial charge in [-0.2, -0.15) is 0 Å². The number of halogens is 1. The molecule has 1 aliphatic rings. The molecule has 130 valence electrons. The summed E-state index contributed by atoms with van der Waals surface area (Å²) in [6.07, 6.45) is 1.00. The van der Waals surface area contributed by atoms with Crippen molar-refractivity contribution in [1.82, 2.24) is 15.5 Å². The van der Waals surface area contributed by atoms with Crippen LogP contribution in [0.15, 0.2) is 24.3 Å². The van der Waals surface area contributed by atoms with Crippen LogP contribution in [0.1, 0.15) is 23.2 Å². The van der Waals surface area contributed by atoms with Crippen molar-refractivity contribution in [2.45, 2.75) is 18.9 Å². The lowest BCUT2D eigenvalue weighted by molar-refractivity contribution is -0.121. The SMILES string of the molecule is COC(=O)N1CCC(NC(=O)CNC(=O)c2ccccc2I)CC1. The maximum atomic E-state index is 12.1. The Morgan fingerprint density at radius 3 is 2.54 bits per heavy atom. The van der Waals surface area contributed by atoms with Crippen molar-refractivity contribution in [3.63, 3.8) is 0 Å². The van der Waals surface area contributed by atoms with Crippen molar-refractivity contribution in [2.24, 2.45) is 0 Å². The van der Waals surface area contributed by atoms with Gasteiger partial charge in [-0.15, -0.1) is 0 Å². The lowest BCUT2D eigenvalue weighted by atomic mass is 10.1. The third kappa shape index (κ3) is 5.08. The summed E-state index contributed by atoms with van der Waals surface area (Å²) >= 11 is 2.08. The summed E-state index contributed by atoms with van der Waals surface area (Å²) in [5.74, 6) is -0.499. The molecule has 1 fully saturated rings. The maximum Gasteiger partial charge on any atom is 0.409 e. The van der Waals surface area contributed by atoms with Gasteiger partial charge in [0.25, 0.3) is 5.91 Å². The molecule has 1 aromatic rings. The second kappa shape index (κ2) is 8.86. The van der Waals surface area contributed by atoms with E-state index in [1.54, 1.807) is 17.0 Å². The van der Waals surface area contributed by atoms with Gasteiger partial charge in [-0.3, -0.25) is 9.59 Å². The molecule has 7 nitrogen and oxygen atoms in total. The summed E-state index contributed by atoms with van der Waals surface area (Å²) in [6, 6.07) is 7.20. The monoisotopic (exact) mass is 445 g/mol. The lowest BCUT2D eigenvalue weighted by Gasteiger charge is -2.31. The first-order chi connectivity index (χ1) is 11.5. The summed E-state index contributed by atoms with van der Waals surface area (Å²) in [7, 11) is 1.35. The van der Waals surface area contributed by atoms with E-state index in [0.717, 1.165) is 3.57 Å². The number of nitrogens with one attached hydrogen (secondary N) is 2. The zero-order valence-corrected chi connectivity index (χ0v) is 15.5. The molecular formula is C16H20IN3O4. The molecule has 1 aromatic carbocycles. The molecule has 0 aliphatic carbocycles. The molecule has 0 saturated carbocycles. The van der Waals surface area contributed by atoms with Gasteiger partial charge < -0.3 is 20.3 Å². The van der Waals surface area contributed by atoms with E-state index in [2.05, 4.69) is 38.0 Å². The Balaban J connectivity index is 1.73. The quantitative estimate of drug-likeness (QED) is 0.686. The van der Waals surface area contributed by atoms with E-state index in [9.17, 15) is 14.4 Å². The molecule has 0 atom stereocenters. The second-order valence-electron chi connectivity index (χ2n) is 5.46. The van der Waals surface area contributed by atoms with Crippen molar-refractivity contribution in [1.29, 1.82) is 0 Å². The molecule has 0 unspecified atom stereocenters. The molecule has 1 aliphatic heterocycles. The molecule has 2 rings (SSSR count). The number of benzene rings is 1. The van der Waals surface area contributed by atoms with E-state index in [1.165, 1.54) is 7.11 Å². The van der Waals surface area contributed by atoms with Gasteiger partial charge >= 0.3 is 6.09 Å². The Bertz CT molecular complexity index is 615. The lowest BCUT2D eigenvalue weighted by Crippen LogP contribution is -2.48. The number of nitrogens with zero attached hydrogens (tertiary/aromatic N) is 1. The number of methoxy groups -OCH3 is 1. The summed E-state index contributed by atoms with van der Waals surface area (Å²) in [6.45, 7) is 1.03. The fraction of sp³-hybridized carbons (Fsp3) is 0.438. The van der Waals surface area contributed by atoms with Gasteiger partial charge in [0.15, 0.2) is 0 Å². The summed E-state index contributed by atoms with van der Waals surface area (Å²) < 4.78 is 5.51. The van der Waals surface area contributed by atoms with Gasteiger partial charge in [-0.05, 0) is 47.6 Å². The molecule has 0 radical (unpaired) electrons. The Morgan fingerprint density at radius 2 is 1.92 bits per heavy atom. The number of hydrogen-bond donors (Lipinski definition) is 2. The molecule has 8 heteroatoms. The number of hydrogen-bond acceptors (Lipinski definition) is 4. The normalized spacial score (nSPS) is 14.8. The van der Waals surface area contributed by atoms with E-state index >= 15 is 0 Å². The summed E-state index contributed by atoms with van der Waals surface area (Å²) in [5, 5.41) is 5.51. The van der Waals surface area contributed by atoms with Gasteiger partial charge in [0.05, 0.1) is 19.2 Å². The second-order valence-corrected chi connectivity index (χ2v) is 6.62. The largest absolute Gasteiger partial charge is 0.453 e.